The van der Waals surface area contributed by atoms with Crippen molar-refractivity contribution in [3.05, 3.63) is 0 Å². The highest BCUT2D eigenvalue weighted by atomic mass is 16.4. The highest BCUT2D eigenvalue weighted by Crippen LogP contribution is 2.22. The van der Waals surface area contributed by atoms with Gasteiger partial charge in [0.1, 0.15) is 11.7 Å². The van der Waals surface area contributed by atoms with Gasteiger partial charge in [0.25, 0.3) is 0 Å². The summed E-state index contributed by atoms with van der Waals surface area (Å²) in [5.41, 5.74) is -1.88. The van der Waals surface area contributed by atoms with Crippen molar-refractivity contribution in [1.82, 2.24) is 5.32 Å². The first-order valence-corrected chi connectivity index (χ1v) is 4.10. The van der Waals surface area contributed by atoms with Crippen molar-refractivity contribution < 1.29 is 25.5 Å². The monoisotopic (exact) mass is 193 g/mol. The Morgan fingerprint density at radius 2 is 1.92 bits per heavy atom. The number of piperidine rings is 1. The molecule has 0 aliphatic carbocycles. The molecule has 0 radical (unpaired) electrons. The number of nitrogens with one attached hydrogen (secondary N) is 1. The third-order valence-electron chi connectivity index (χ3n) is 2.49. The molecule has 13 heavy (non-hydrogen) atoms. The van der Waals surface area contributed by atoms with Crippen LogP contribution in [0.1, 0.15) is 0 Å². The van der Waals surface area contributed by atoms with E-state index in [4.69, 9.17) is 10.2 Å². The van der Waals surface area contributed by atoms with Crippen molar-refractivity contribution in [1.29, 1.82) is 0 Å². The second kappa shape index (κ2) is 3.87. The second-order valence-corrected chi connectivity index (χ2v) is 3.30. The average Bonchev–Trinajstić information content (AvgIpc) is 2.15. The first kappa shape index (κ1) is 10.8. The zero-order valence-electron chi connectivity index (χ0n) is 7.09. The summed E-state index contributed by atoms with van der Waals surface area (Å²) < 4.78 is 0. The van der Waals surface area contributed by atoms with Crippen LogP contribution in [0.2, 0.25) is 0 Å². The molecular formula is C7H15NO5. The Labute approximate surface area is 75.4 Å². The lowest BCUT2D eigenvalue weighted by atomic mass is 9.83. The van der Waals surface area contributed by atoms with E-state index in [9.17, 15) is 15.3 Å². The van der Waals surface area contributed by atoms with Crippen LogP contribution in [-0.2, 0) is 0 Å². The van der Waals surface area contributed by atoms with Gasteiger partial charge in [-0.1, -0.05) is 0 Å². The van der Waals surface area contributed by atoms with Crippen LogP contribution >= 0.6 is 0 Å². The maximum absolute atomic E-state index is 9.70. The average molecular weight is 193 g/mol. The molecule has 1 aliphatic heterocycles. The van der Waals surface area contributed by atoms with E-state index in [-0.39, 0.29) is 6.54 Å². The van der Waals surface area contributed by atoms with Crippen molar-refractivity contribution in [2.45, 2.75) is 23.9 Å². The van der Waals surface area contributed by atoms with Crippen LogP contribution < -0.4 is 5.32 Å². The molecule has 0 spiro atoms. The largest absolute Gasteiger partial charge is 0.395 e. The quantitative estimate of drug-likeness (QED) is 0.270. The van der Waals surface area contributed by atoms with E-state index >= 15 is 0 Å². The SMILES string of the molecule is OC[C@@H]1NC[C@@H](O)[C@@H](O)[C@]1(O)CO. The lowest BCUT2D eigenvalue weighted by molar-refractivity contribution is -0.185. The molecule has 1 aliphatic rings. The van der Waals surface area contributed by atoms with E-state index < -0.39 is 37.1 Å². The molecule has 6 nitrogen and oxygen atoms in total. The molecule has 1 saturated heterocycles. The minimum atomic E-state index is -1.88. The minimum Gasteiger partial charge on any atom is -0.395 e. The summed E-state index contributed by atoms with van der Waals surface area (Å²) in [6.07, 6.45) is -2.59. The molecular weight excluding hydrogens is 178 g/mol. The topological polar surface area (TPSA) is 113 Å². The zero-order chi connectivity index (χ0) is 10.1. The molecule has 0 unspecified atom stereocenters. The molecule has 1 fully saturated rings. The smallest absolute Gasteiger partial charge is 0.133 e. The van der Waals surface area contributed by atoms with Gasteiger partial charge in [0.2, 0.25) is 0 Å². The van der Waals surface area contributed by atoms with Crippen LogP contribution in [0.4, 0.5) is 0 Å². The van der Waals surface area contributed by atoms with E-state index in [1.165, 1.54) is 0 Å². The van der Waals surface area contributed by atoms with Crippen molar-refractivity contribution in [3.63, 3.8) is 0 Å². The molecule has 0 aromatic rings. The van der Waals surface area contributed by atoms with E-state index in [0.29, 0.717) is 0 Å². The molecule has 6 N–H and O–H groups in total. The van der Waals surface area contributed by atoms with Crippen LogP contribution in [0.5, 0.6) is 0 Å². The fraction of sp³-hybridized carbons (Fsp3) is 1.00. The van der Waals surface area contributed by atoms with Gasteiger partial charge in [-0.05, 0) is 0 Å². The number of aliphatic hydroxyl groups is 5. The van der Waals surface area contributed by atoms with Crippen molar-refractivity contribution in [3.8, 4) is 0 Å². The van der Waals surface area contributed by atoms with E-state index in [2.05, 4.69) is 5.32 Å². The summed E-state index contributed by atoms with van der Waals surface area (Å²) in [5, 5.41) is 48.6. The molecule has 0 aromatic carbocycles. The predicted molar refractivity (Wildman–Crippen MR) is 42.9 cm³/mol. The molecule has 0 saturated carbocycles. The molecule has 0 aromatic heterocycles. The normalized spacial score (nSPS) is 46.4. The van der Waals surface area contributed by atoms with Gasteiger partial charge >= 0.3 is 0 Å². The van der Waals surface area contributed by atoms with Crippen molar-refractivity contribution in [2.24, 2.45) is 0 Å². The van der Waals surface area contributed by atoms with Crippen molar-refractivity contribution in [2.75, 3.05) is 19.8 Å². The highest BCUT2D eigenvalue weighted by molar-refractivity contribution is 5.04. The Morgan fingerprint density at radius 1 is 1.31 bits per heavy atom. The number of β-amino-alcohol motifs (C(OH)–C–C–N with tert-alkyl or cyclic N) is 1. The number of hydrogen-bond acceptors (Lipinski definition) is 6. The van der Waals surface area contributed by atoms with Crippen LogP contribution in [0.15, 0.2) is 0 Å². The Kier molecular flexibility index (Phi) is 3.23. The summed E-state index contributed by atoms with van der Waals surface area (Å²) in [6, 6.07) is -0.823. The summed E-state index contributed by atoms with van der Waals surface area (Å²) in [7, 11) is 0. The first-order valence-electron chi connectivity index (χ1n) is 4.10. The molecule has 6 heteroatoms. The standard InChI is InChI=1S/C7H15NO5/c9-2-5-7(13,3-10)6(12)4(11)1-8-5/h4-6,8-13H,1-3H2/t4-,5+,6-,7+/m1/s1. The van der Waals surface area contributed by atoms with E-state index in [1.54, 1.807) is 0 Å². The lowest BCUT2D eigenvalue weighted by Crippen LogP contribution is -2.70. The Balaban J connectivity index is 2.80. The maximum Gasteiger partial charge on any atom is 0.133 e. The molecule has 1 heterocycles. The second-order valence-electron chi connectivity index (χ2n) is 3.30. The zero-order valence-corrected chi connectivity index (χ0v) is 7.09. The highest BCUT2D eigenvalue weighted by Gasteiger charge is 2.49. The molecule has 4 atom stereocenters. The van der Waals surface area contributed by atoms with Gasteiger partial charge in [-0.2, -0.15) is 0 Å². The Hall–Kier alpha value is -0.240. The predicted octanol–water partition coefficient (Wildman–Crippen LogP) is -3.60. The third-order valence-corrected chi connectivity index (χ3v) is 2.49. The van der Waals surface area contributed by atoms with E-state index in [1.807, 2.05) is 0 Å². The van der Waals surface area contributed by atoms with E-state index in [0.717, 1.165) is 0 Å². The Bertz CT molecular complexity index is 174. The Morgan fingerprint density at radius 3 is 2.38 bits per heavy atom. The fourth-order valence-corrected chi connectivity index (χ4v) is 1.52. The minimum absolute atomic E-state index is 0.0781. The summed E-state index contributed by atoms with van der Waals surface area (Å²) in [5.74, 6) is 0. The van der Waals surface area contributed by atoms with Crippen LogP contribution in [-0.4, -0.2) is 69.1 Å². The first-order chi connectivity index (χ1) is 6.06. The van der Waals surface area contributed by atoms with Gasteiger partial charge in [-0.25, -0.2) is 0 Å². The van der Waals surface area contributed by atoms with Gasteiger partial charge in [0, 0.05) is 6.54 Å². The van der Waals surface area contributed by atoms with Crippen LogP contribution in [0, 0.1) is 0 Å². The van der Waals surface area contributed by atoms with Gasteiger partial charge in [0.15, 0.2) is 0 Å². The number of rotatable bonds is 2. The van der Waals surface area contributed by atoms with Gasteiger partial charge in [0.05, 0.1) is 25.4 Å². The van der Waals surface area contributed by atoms with Crippen LogP contribution in [0.25, 0.3) is 0 Å². The summed E-state index contributed by atoms with van der Waals surface area (Å²) >= 11 is 0. The lowest BCUT2D eigenvalue weighted by Gasteiger charge is -2.44. The molecule has 1 rings (SSSR count). The third kappa shape index (κ3) is 1.69. The van der Waals surface area contributed by atoms with Gasteiger partial charge < -0.3 is 30.8 Å². The number of aliphatic hydroxyl groups excluding tert-OH is 4. The van der Waals surface area contributed by atoms with Crippen molar-refractivity contribution >= 4 is 0 Å². The molecule has 78 valence electrons. The fourth-order valence-electron chi connectivity index (χ4n) is 1.52. The van der Waals surface area contributed by atoms with Crippen LogP contribution in [0.3, 0.4) is 0 Å². The summed E-state index contributed by atoms with van der Waals surface area (Å²) in [4.78, 5) is 0. The van der Waals surface area contributed by atoms with Gasteiger partial charge in [-0.15, -0.1) is 0 Å². The summed E-state index contributed by atoms with van der Waals surface area (Å²) in [6.45, 7) is -1.06. The van der Waals surface area contributed by atoms with Gasteiger partial charge in [-0.3, -0.25) is 0 Å². The molecule has 0 bridgehead atoms. The maximum atomic E-state index is 9.70. The number of hydrogen-bond donors (Lipinski definition) is 6. The molecule has 0 amide bonds.